The number of hydrogen-bond donors (Lipinski definition) is 2. The normalized spacial score (nSPS) is 27.2. The molecule has 2 atom stereocenters. The standard InChI is InChI=1S/C11H15FN2/c12-10-8-13-7-6-11(10)14-9-4-2-1-3-5-9/h1-5,10-11,13-14H,6-8H2. The van der Waals surface area contributed by atoms with E-state index < -0.39 is 6.17 Å². The van der Waals surface area contributed by atoms with Crippen molar-refractivity contribution in [2.75, 3.05) is 18.4 Å². The van der Waals surface area contributed by atoms with Crippen molar-refractivity contribution in [2.24, 2.45) is 0 Å². The van der Waals surface area contributed by atoms with Gasteiger partial charge in [-0.2, -0.15) is 0 Å². The third-order valence-electron chi connectivity index (χ3n) is 2.53. The van der Waals surface area contributed by atoms with Gasteiger partial charge in [0.15, 0.2) is 0 Å². The molecule has 2 N–H and O–H groups in total. The van der Waals surface area contributed by atoms with E-state index in [4.69, 9.17) is 0 Å². The van der Waals surface area contributed by atoms with Crippen molar-refractivity contribution < 1.29 is 4.39 Å². The average molecular weight is 194 g/mol. The molecule has 1 aromatic carbocycles. The van der Waals surface area contributed by atoms with E-state index in [2.05, 4.69) is 10.6 Å². The molecule has 14 heavy (non-hydrogen) atoms. The van der Waals surface area contributed by atoms with Crippen molar-refractivity contribution in [2.45, 2.75) is 18.6 Å². The number of rotatable bonds is 2. The molecule has 1 aliphatic heterocycles. The van der Waals surface area contributed by atoms with E-state index in [9.17, 15) is 4.39 Å². The molecular formula is C11H15FN2. The number of para-hydroxylation sites is 1. The van der Waals surface area contributed by atoms with Gasteiger partial charge in [-0.05, 0) is 25.1 Å². The lowest BCUT2D eigenvalue weighted by molar-refractivity contribution is 0.245. The number of hydrogen-bond acceptors (Lipinski definition) is 2. The minimum absolute atomic E-state index is 0.0429. The van der Waals surface area contributed by atoms with E-state index in [0.29, 0.717) is 6.54 Å². The maximum absolute atomic E-state index is 13.4. The summed E-state index contributed by atoms with van der Waals surface area (Å²) in [5, 5.41) is 6.25. The number of halogens is 1. The highest BCUT2D eigenvalue weighted by Gasteiger charge is 2.23. The van der Waals surface area contributed by atoms with Crippen LogP contribution in [-0.2, 0) is 0 Å². The second-order valence-corrected chi connectivity index (χ2v) is 3.63. The molecule has 0 amide bonds. The summed E-state index contributed by atoms with van der Waals surface area (Å²) < 4.78 is 13.4. The predicted molar refractivity (Wildman–Crippen MR) is 56.2 cm³/mol. The Morgan fingerprint density at radius 3 is 2.79 bits per heavy atom. The Morgan fingerprint density at radius 1 is 1.29 bits per heavy atom. The van der Waals surface area contributed by atoms with Crippen LogP contribution < -0.4 is 10.6 Å². The fraction of sp³-hybridized carbons (Fsp3) is 0.455. The minimum atomic E-state index is -0.788. The van der Waals surface area contributed by atoms with E-state index in [1.165, 1.54) is 0 Å². The maximum atomic E-state index is 13.4. The molecule has 2 rings (SSSR count). The SMILES string of the molecule is FC1CNCCC1Nc1ccccc1. The van der Waals surface area contributed by atoms with Crippen LogP contribution >= 0.6 is 0 Å². The predicted octanol–water partition coefficient (Wildman–Crippen LogP) is 1.80. The highest BCUT2D eigenvalue weighted by Crippen LogP contribution is 2.14. The molecular weight excluding hydrogens is 179 g/mol. The van der Waals surface area contributed by atoms with Gasteiger partial charge in [0.25, 0.3) is 0 Å². The fourth-order valence-electron chi connectivity index (χ4n) is 1.73. The molecule has 0 radical (unpaired) electrons. The Balaban J connectivity index is 1.96. The van der Waals surface area contributed by atoms with E-state index in [1.807, 2.05) is 30.3 Å². The largest absolute Gasteiger partial charge is 0.379 e. The Kier molecular flexibility index (Phi) is 2.99. The van der Waals surface area contributed by atoms with Crippen LogP contribution in [0.1, 0.15) is 6.42 Å². The molecule has 1 aliphatic rings. The maximum Gasteiger partial charge on any atom is 0.132 e. The van der Waals surface area contributed by atoms with E-state index >= 15 is 0 Å². The molecule has 2 nitrogen and oxygen atoms in total. The molecule has 1 aromatic rings. The zero-order valence-corrected chi connectivity index (χ0v) is 8.04. The zero-order chi connectivity index (χ0) is 9.80. The van der Waals surface area contributed by atoms with Crippen molar-refractivity contribution in [1.29, 1.82) is 0 Å². The van der Waals surface area contributed by atoms with Crippen LogP contribution in [0.15, 0.2) is 30.3 Å². The summed E-state index contributed by atoms with van der Waals surface area (Å²) >= 11 is 0. The molecule has 0 saturated carbocycles. The molecule has 0 aliphatic carbocycles. The van der Waals surface area contributed by atoms with Crippen LogP contribution in [0.4, 0.5) is 10.1 Å². The van der Waals surface area contributed by atoms with Crippen LogP contribution in [0.25, 0.3) is 0 Å². The lowest BCUT2D eigenvalue weighted by atomic mass is 10.0. The first kappa shape index (κ1) is 9.46. The third-order valence-corrected chi connectivity index (χ3v) is 2.53. The number of anilines is 1. The van der Waals surface area contributed by atoms with Gasteiger partial charge in [-0.15, -0.1) is 0 Å². The van der Waals surface area contributed by atoms with Gasteiger partial charge in [-0.25, -0.2) is 4.39 Å². The number of nitrogens with one attached hydrogen (secondary N) is 2. The summed E-state index contributed by atoms with van der Waals surface area (Å²) in [5.41, 5.74) is 1.00. The fourth-order valence-corrected chi connectivity index (χ4v) is 1.73. The summed E-state index contributed by atoms with van der Waals surface area (Å²) in [4.78, 5) is 0. The van der Waals surface area contributed by atoms with Gasteiger partial charge in [0.2, 0.25) is 0 Å². The van der Waals surface area contributed by atoms with Gasteiger partial charge in [0.05, 0.1) is 6.04 Å². The number of alkyl halides is 1. The van der Waals surface area contributed by atoms with Gasteiger partial charge in [0, 0.05) is 12.2 Å². The van der Waals surface area contributed by atoms with Crippen LogP contribution in [0, 0.1) is 0 Å². The first-order valence-corrected chi connectivity index (χ1v) is 5.02. The van der Waals surface area contributed by atoms with Gasteiger partial charge in [-0.3, -0.25) is 0 Å². The molecule has 0 aromatic heterocycles. The van der Waals surface area contributed by atoms with Crippen molar-refractivity contribution >= 4 is 5.69 Å². The van der Waals surface area contributed by atoms with E-state index in [0.717, 1.165) is 18.7 Å². The summed E-state index contributed by atoms with van der Waals surface area (Å²) in [6.45, 7) is 1.36. The van der Waals surface area contributed by atoms with Gasteiger partial charge < -0.3 is 10.6 Å². The Hall–Kier alpha value is -1.09. The lowest BCUT2D eigenvalue weighted by Crippen LogP contribution is -2.45. The van der Waals surface area contributed by atoms with Gasteiger partial charge >= 0.3 is 0 Å². The highest BCUT2D eigenvalue weighted by molar-refractivity contribution is 5.43. The zero-order valence-electron chi connectivity index (χ0n) is 8.04. The second kappa shape index (κ2) is 4.42. The minimum Gasteiger partial charge on any atom is -0.379 e. The molecule has 76 valence electrons. The highest BCUT2D eigenvalue weighted by atomic mass is 19.1. The number of piperidine rings is 1. The van der Waals surface area contributed by atoms with Crippen LogP contribution in [0.3, 0.4) is 0 Å². The first-order valence-electron chi connectivity index (χ1n) is 5.02. The van der Waals surface area contributed by atoms with Gasteiger partial charge in [-0.1, -0.05) is 18.2 Å². The molecule has 2 unspecified atom stereocenters. The summed E-state index contributed by atoms with van der Waals surface area (Å²) in [7, 11) is 0. The molecule has 1 fully saturated rings. The second-order valence-electron chi connectivity index (χ2n) is 3.63. The Bertz CT molecular complexity index is 276. The van der Waals surface area contributed by atoms with Crippen LogP contribution in [0.5, 0.6) is 0 Å². The summed E-state index contributed by atoms with van der Waals surface area (Å²) in [6.07, 6.45) is 0.0553. The van der Waals surface area contributed by atoms with Crippen molar-refractivity contribution in [3.63, 3.8) is 0 Å². The van der Waals surface area contributed by atoms with Crippen molar-refractivity contribution in [1.82, 2.24) is 5.32 Å². The van der Waals surface area contributed by atoms with Crippen molar-refractivity contribution in [3.05, 3.63) is 30.3 Å². The quantitative estimate of drug-likeness (QED) is 0.750. The van der Waals surface area contributed by atoms with E-state index in [1.54, 1.807) is 0 Å². The molecule has 0 bridgehead atoms. The molecule has 3 heteroatoms. The topological polar surface area (TPSA) is 24.1 Å². The number of benzene rings is 1. The van der Waals surface area contributed by atoms with Crippen LogP contribution in [0.2, 0.25) is 0 Å². The summed E-state index contributed by atoms with van der Waals surface area (Å²) in [5.74, 6) is 0. The third kappa shape index (κ3) is 2.23. The van der Waals surface area contributed by atoms with Crippen molar-refractivity contribution in [3.8, 4) is 0 Å². The molecule has 1 heterocycles. The van der Waals surface area contributed by atoms with Crippen LogP contribution in [-0.4, -0.2) is 25.3 Å². The smallest absolute Gasteiger partial charge is 0.132 e. The molecule has 0 spiro atoms. The molecule has 1 saturated heterocycles. The van der Waals surface area contributed by atoms with E-state index in [-0.39, 0.29) is 6.04 Å². The Morgan fingerprint density at radius 2 is 2.07 bits per heavy atom. The first-order chi connectivity index (χ1) is 6.86. The Labute approximate surface area is 83.5 Å². The average Bonchev–Trinajstić information content (AvgIpc) is 2.23. The summed E-state index contributed by atoms with van der Waals surface area (Å²) in [6, 6.07) is 9.76. The van der Waals surface area contributed by atoms with Gasteiger partial charge in [0.1, 0.15) is 6.17 Å². The lowest BCUT2D eigenvalue weighted by Gasteiger charge is -2.28. The monoisotopic (exact) mass is 194 g/mol.